The molecule has 0 radical (unpaired) electrons. The van der Waals surface area contributed by atoms with Crippen LogP contribution in [-0.2, 0) is 28.2 Å². The summed E-state index contributed by atoms with van der Waals surface area (Å²) in [6.07, 6.45) is 39.0. The van der Waals surface area contributed by atoms with Crippen LogP contribution in [-0.4, -0.2) is 52.3 Å². The number of ether oxygens (including phenoxy) is 2. The number of aliphatic hydroxyl groups is 1. The maximum atomic E-state index is 12.4. The molecular weight excluding hydrogens is 655 g/mol. The van der Waals surface area contributed by atoms with Crippen molar-refractivity contribution in [3.63, 3.8) is 0 Å². The van der Waals surface area contributed by atoms with Crippen molar-refractivity contribution in [2.75, 3.05) is 13.2 Å². The molecule has 0 heterocycles. The smallest absolute Gasteiger partial charge is 0.462 e. The fraction of sp³-hybridized carbons (Fsp3) is 0.750. The molecule has 0 aromatic rings. The van der Waals surface area contributed by atoms with Crippen LogP contribution in [0, 0.1) is 0 Å². The number of phosphoric ester groups is 1. The maximum Gasteiger partial charge on any atom is 0.469 e. The van der Waals surface area contributed by atoms with Crippen LogP contribution in [0.3, 0.4) is 0 Å². The fourth-order valence-corrected chi connectivity index (χ4v) is 5.62. The lowest BCUT2D eigenvalue weighted by Gasteiger charge is -2.18. The van der Waals surface area contributed by atoms with Crippen molar-refractivity contribution >= 4 is 19.8 Å². The Kier molecular flexibility index (Phi) is 33.9. The third kappa shape index (κ3) is 37.2. The van der Waals surface area contributed by atoms with Gasteiger partial charge in [0.1, 0.15) is 6.61 Å². The van der Waals surface area contributed by atoms with Crippen LogP contribution in [0.25, 0.3) is 0 Å². The fourth-order valence-electron chi connectivity index (χ4n) is 5.26. The number of aliphatic hydroxyl groups excluding tert-OH is 1. The van der Waals surface area contributed by atoms with Crippen LogP contribution in [0.15, 0.2) is 48.6 Å². The van der Waals surface area contributed by atoms with Gasteiger partial charge < -0.3 is 24.4 Å². The Hall–Kier alpha value is -2.03. The number of hydrogen-bond acceptors (Lipinski definition) is 7. The topological polar surface area (TPSA) is 140 Å². The number of carbonyl (C=O) groups is 2. The molecule has 0 saturated carbocycles. The zero-order valence-corrected chi connectivity index (χ0v) is 32.3. The summed E-state index contributed by atoms with van der Waals surface area (Å²) in [6, 6.07) is 0. The predicted molar refractivity (Wildman–Crippen MR) is 204 cm³/mol. The van der Waals surface area contributed by atoms with Gasteiger partial charge in [0.25, 0.3) is 0 Å². The van der Waals surface area contributed by atoms with Crippen LogP contribution in [0.4, 0.5) is 0 Å². The first kappa shape index (κ1) is 48.0. The molecule has 0 saturated heterocycles. The van der Waals surface area contributed by atoms with Gasteiger partial charge in [-0.25, -0.2) is 4.57 Å². The number of allylic oxidation sites excluding steroid dienone is 7. The molecule has 0 fully saturated rings. The lowest BCUT2D eigenvalue weighted by molar-refractivity contribution is -0.161. The molecule has 1 unspecified atom stereocenters. The van der Waals surface area contributed by atoms with Gasteiger partial charge in [0.05, 0.1) is 12.7 Å². The van der Waals surface area contributed by atoms with Gasteiger partial charge in [-0.05, 0) is 51.4 Å². The van der Waals surface area contributed by atoms with E-state index >= 15 is 0 Å². The molecule has 50 heavy (non-hydrogen) atoms. The zero-order chi connectivity index (χ0) is 37.0. The second-order valence-electron chi connectivity index (χ2n) is 13.1. The number of esters is 2. The quantitative estimate of drug-likeness (QED) is 0.0252. The Morgan fingerprint density at radius 2 is 1.08 bits per heavy atom. The molecule has 0 aromatic heterocycles. The van der Waals surface area contributed by atoms with E-state index in [9.17, 15) is 19.3 Å². The Labute approximate surface area is 304 Å². The molecule has 9 nitrogen and oxygen atoms in total. The summed E-state index contributed by atoms with van der Waals surface area (Å²) >= 11 is 0. The molecule has 290 valence electrons. The Balaban J connectivity index is 4.07. The van der Waals surface area contributed by atoms with Crippen molar-refractivity contribution in [2.24, 2.45) is 0 Å². The molecule has 0 rings (SSSR count). The Bertz CT molecular complexity index is 970. The third-order valence-corrected chi connectivity index (χ3v) is 8.64. The minimum Gasteiger partial charge on any atom is -0.462 e. The summed E-state index contributed by atoms with van der Waals surface area (Å²) < 4.78 is 26.3. The lowest BCUT2D eigenvalue weighted by atomic mass is 10.0. The van der Waals surface area contributed by atoms with E-state index in [4.69, 9.17) is 19.3 Å². The van der Waals surface area contributed by atoms with Crippen molar-refractivity contribution < 1.29 is 43.0 Å². The van der Waals surface area contributed by atoms with Gasteiger partial charge in [-0.3, -0.25) is 14.1 Å². The molecule has 3 N–H and O–H groups in total. The van der Waals surface area contributed by atoms with Gasteiger partial charge in [-0.1, -0.05) is 152 Å². The minimum atomic E-state index is -4.77. The highest BCUT2D eigenvalue weighted by Gasteiger charge is 2.22. The molecule has 10 heteroatoms. The number of carbonyl (C=O) groups excluding carboxylic acids is 2. The Morgan fingerprint density at radius 1 is 0.600 bits per heavy atom. The van der Waals surface area contributed by atoms with Crippen molar-refractivity contribution in [3.8, 4) is 0 Å². The average molecular weight is 727 g/mol. The van der Waals surface area contributed by atoms with Crippen molar-refractivity contribution in [1.82, 2.24) is 0 Å². The maximum absolute atomic E-state index is 12.4. The number of phosphoric acid groups is 1. The molecule has 0 aliphatic carbocycles. The molecular formula is C40H71O9P. The SMILES string of the molecule is CCCCCCCCCCCCCCCCC(=O)O[C@H](COC(=O)CCC/C=C\C/C=C\C/C=C\C/C=C\CC(O)CCC)COP(=O)(O)O. The summed E-state index contributed by atoms with van der Waals surface area (Å²) in [6.45, 7) is 3.43. The normalized spacial score (nSPS) is 13.6. The third-order valence-electron chi connectivity index (χ3n) is 8.16. The van der Waals surface area contributed by atoms with E-state index < -0.39 is 32.5 Å². The van der Waals surface area contributed by atoms with E-state index in [0.717, 1.165) is 51.4 Å². The standard InChI is InChI=1S/C40H71O9P/c1-3-5-6-7-8-9-10-11-14-18-21-24-27-30-34-40(43)49-38(36-48-50(44,45)46)35-47-39(42)33-29-26-23-20-17-15-12-13-16-19-22-25-28-32-37(41)31-4-2/h12,15-16,19-20,23,25,28,37-38,41H,3-11,13-14,17-18,21-22,24,26-27,29-36H2,1-2H3,(H2,44,45,46)/b15-12-,19-16-,23-20-,28-25-/t37?,38-/m1/s1. The van der Waals surface area contributed by atoms with E-state index in [-0.39, 0.29) is 25.6 Å². The first-order valence-corrected chi connectivity index (χ1v) is 21.0. The van der Waals surface area contributed by atoms with E-state index in [1.807, 2.05) is 18.2 Å². The van der Waals surface area contributed by atoms with E-state index in [1.54, 1.807) is 0 Å². The van der Waals surface area contributed by atoms with Crippen LogP contribution in [0.2, 0.25) is 0 Å². The second-order valence-corrected chi connectivity index (χ2v) is 14.3. The Morgan fingerprint density at radius 3 is 1.60 bits per heavy atom. The highest BCUT2D eigenvalue weighted by Crippen LogP contribution is 2.36. The number of unbranched alkanes of at least 4 members (excludes halogenated alkanes) is 14. The molecule has 0 bridgehead atoms. The second kappa shape index (κ2) is 35.4. The van der Waals surface area contributed by atoms with Crippen LogP contribution in [0.1, 0.15) is 168 Å². The van der Waals surface area contributed by atoms with Crippen molar-refractivity contribution in [2.45, 2.75) is 180 Å². The molecule has 0 aliphatic heterocycles. The zero-order valence-electron chi connectivity index (χ0n) is 31.4. The summed E-state index contributed by atoms with van der Waals surface area (Å²) in [4.78, 5) is 42.7. The van der Waals surface area contributed by atoms with E-state index in [2.05, 4.69) is 48.8 Å². The first-order chi connectivity index (χ1) is 24.2. The highest BCUT2D eigenvalue weighted by molar-refractivity contribution is 7.46. The van der Waals surface area contributed by atoms with Gasteiger partial charge in [0.15, 0.2) is 6.10 Å². The van der Waals surface area contributed by atoms with Gasteiger partial charge in [0.2, 0.25) is 0 Å². The first-order valence-electron chi connectivity index (χ1n) is 19.5. The molecule has 0 aliphatic rings. The molecule has 2 atom stereocenters. The number of rotatable bonds is 35. The number of hydrogen-bond donors (Lipinski definition) is 3. The van der Waals surface area contributed by atoms with Gasteiger partial charge in [-0.2, -0.15) is 0 Å². The van der Waals surface area contributed by atoms with Crippen LogP contribution in [0.5, 0.6) is 0 Å². The average Bonchev–Trinajstić information content (AvgIpc) is 3.07. The predicted octanol–water partition coefficient (Wildman–Crippen LogP) is 10.5. The molecule has 0 aromatic carbocycles. The van der Waals surface area contributed by atoms with Crippen molar-refractivity contribution in [1.29, 1.82) is 0 Å². The summed E-state index contributed by atoms with van der Waals surface area (Å²) in [7, 11) is -4.77. The summed E-state index contributed by atoms with van der Waals surface area (Å²) in [5.41, 5.74) is 0. The van der Waals surface area contributed by atoms with Crippen LogP contribution >= 0.6 is 7.82 Å². The molecule has 0 spiro atoms. The van der Waals surface area contributed by atoms with E-state index in [1.165, 1.54) is 64.2 Å². The molecule has 0 amide bonds. The van der Waals surface area contributed by atoms with Crippen LogP contribution < -0.4 is 0 Å². The van der Waals surface area contributed by atoms with Crippen molar-refractivity contribution in [3.05, 3.63) is 48.6 Å². The van der Waals surface area contributed by atoms with Gasteiger partial charge in [0, 0.05) is 12.8 Å². The van der Waals surface area contributed by atoms with E-state index in [0.29, 0.717) is 25.7 Å². The highest BCUT2D eigenvalue weighted by atomic mass is 31.2. The lowest BCUT2D eigenvalue weighted by Crippen LogP contribution is -2.29. The minimum absolute atomic E-state index is 0.177. The summed E-state index contributed by atoms with van der Waals surface area (Å²) in [5, 5.41) is 9.69. The largest absolute Gasteiger partial charge is 0.469 e. The van der Waals surface area contributed by atoms with Gasteiger partial charge >= 0.3 is 19.8 Å². The monoisotopic (exact) mass is 726 g/mol. The van der Waals surface area contributed by atoms with Gasteiger partial charge in [-0.15, -0.1) is 0 Å². The summed E-state index contributed by atoms with van der Waals surface area (Å²) in [5.74, 6) is -0.970.